The second-order valence-corrected chi connectivity index (χ2v) is 10.4. The van der Waals surface area contributed by atoms with Crippen molar-refractivity contribution >= 4 is 17.4 Å². The molecule has 3 aromatic rings. The number of likely N-dealkylation sites (tertiary alicyclic amines) is 1. The predicted octanol–water partition coefficient (Wildman–Crippen LogP) is 5.50. The molecule has 8 nitrogen and oxygen atoms in total. The van der Waals surface area contributed by atoms with Gasteiger partial charge in [0.05, 0.1) is 24.8 Å². The van der Waals surface area contributed by atoms with Gasteiger partial charge in [-0.05, 0) is 66.9 Å². The van der Waals surface area contributed by atoms with Crippen LogP contribution in [0.3, 0.4) is 0 Å². The molecule has 0 unspecified atom stereocenters. The molecule has 0 radical (unpaired) electrons. The molecule has 3 aromatic carbocycles. The number of aliphatic hydroxyl groups is 1. The van der Waals surface area contributed by atoms with E-state index in [4.69, 9.17) is 14.2 Å². The Hall–Kier alpha value is -4.40. The average Bonchev–Trinajstić information content (AvgIpc) is 3.26. The number of para-hydroxylation sites is 1. The minimum absolute atomic E-state index is 0.0612. The first-order chi connectivity index (χ1) is 20.5. The number of Topliss-reactive ketones (excluding diaryl/α,β-unsaturated/α-hetero) is 1. The van der Waals surface area contributed by atoms with Gasteiger partial charge in [-0.15, -0.1) is 0 Å². The maximum Gasteiger partial charge on any atom is 0.295 e. The van der Waals surface area contributed by atoms with Gasteiger partial charge in [-0.2, -0.15) is 0 Å². The number of carbonyl (C=O) groups is 2. The van der Waals surface area contributed by atoms with Crippen molar-refractivity contribution in [3.8, 4) is 17.2 Å². The molecule has 1 amide bonds. The Morgan fingerprint density at radius 2 is 1.74 bits per heavy atom. The topological polar surface area (TPSA) is 88.5 Å². The average molecular weight is 569 g/mol. The molecule has 0 aliphatic carbocycles. The number of carbonyl (C=O) groups excluding carboxylic acids is 2. The van der Waals surface area contributed by atoms with Crippen LogP contribution in [-0.2, 0) is 14.3 Å². The Bertz CT molecular complexity index is 1460. The van der Waals surface area contributed by atoms with Crippen LogP contribution in [0.2, 0.25) is 0 Å². The molecule has 0 saturated carbocycles. The number of aliphatic hydroxyl groups excluding tert-OH is 1. The summed E-state index contributed by atoms with van der Waals surface area (Å²) in [6, 6.07) is 21.2. The minimum Gasteiger partial charge on any atom is -0.507 e. The van der Waals surface area contributed by atoms with Crippen LogP contribution in [0.5, 0.6) is 17.2 Å². The summed E-state index contributed by atoms with van der Waals surface area (Å²) >= 11 is 0. The first kappa shape index (κ1) is 29.1. The van der Waals surface area contributed by atoms with Crippen molar-refractivity contribution in [3.05, 3.63) is 108 Å². The minimum atomic E-state index is -0.773. The number of nitrogens with zero attached hydrogens (tertiary/aromatic N) is 2. The Morgan fingerprint density at radius 1 is 0.976 bits per heavy atom. The Morgan fingerprint density at radius 3 is 2.48 bits per heavy atom. The van der Waals surface area contributed by atoms with Gasteiger partial charge in [-0.25, -0.2) is 0 Å². The molecule has 2 aliphatic rings. The molecular weight excluding hydrogens is 532 g/mol. The summed E-state index contributed by atoms with van der Waals surface area (Å²) in [6.45, 7) is 10.1. The maximum atomic E-state index is 13.6. The third-order valence-corrected chi connectivity index (χ3v) is 7.49. The number of hydrogen-bond acceptors (Lipinski definition) is 7. The van der Waals surface area contributed by atoms with E-state index in [9.17, 15) is 14.7 Å². The molecule has 1 atom stereocenters. The zero-order chi connectivity index (χ0) is 29.5. The summed E-state index contributed by atoms with van der Waals surface area (Å²) in [5.74, 6) is 0.318. The van der Waals surface area contributed by atoms with E-state index in [-0.39, 0.29) is 11.3 Å². The van der Waals surface area contributed by atoms with Gasteiger partial charge < -0.3 is 24.2 Å². The molecule has 42 heavy (non-hydrogen) atoms. The third-order valence-electron chi connectivity index (χ3n) is 7.49. The van der Waals surface area contributed by atoms with Crippen molar-refractivity contribution in [2.75, 3.05) is 46.0 Å². The van der Waals surface area contributed by atoms with Crippen LogP contribution in [0, 0.1) is 6.92 Å². The molecular formula is C34H36N2O6. The van der Waals surface area contributed by atoms with Crippen molar-refractivity contribution in [1.29, 1.82) is 0 Å². The fraction of sp³-hybridized carbons (Fsp3) is 0.294. The molecule has 2 saturated heterocycles. The van der Waals surface area contributed by atoms with Gasteiger partial charge in [0.25, 0.3) is 11.7 Å². The molecule has 0 bridgehead atoms. The van der Waals surface area contributed by atoms with Gasteiger partial charge in [0.2, 0.25) is 0 Å². The smallest absolute Gasteiger partial charge is 0.295 e. The highest BCUT2D eigenvalue weighted by molar-refractivity contribution is 6.46. The zero-order valence-electron chi connectivity index (χ0n) is 23.8. The number of rotatable bonds is 11. The quantitative estimate of drug-likeness (QED) is 0.142. The lowest BCUT2D eigenvalue weighted by atomic mass is 9.93. The summed E-state index contributed by atoms with van der Waals surface area (Å²) in [6.07, 6.45) is 2.33. The summed E-state index contributed by atoms with van der Waals surface area (Å²) < 4.78 is 17.1. The highest BCUT2D eigenvalue weighted by Gasteiger charge is 2.46. The van der Waals surface area contributed by atoms with E-state index in [1.165, 1.54) is 0 Å². The largest absolute Gasteiger partial charge is 0.507 e. The predicted molar refractivity (Wildman–Crippen MR) is 161 cm³/mol. The zero-order valence-corrected chi connectivity index (χ0v) is 23.8. The van der Waals surface area contributed by atoms with Crippen molar-refractivity contribution in [3.63, 3.8) is 0 Å². The lowest BCUT2D eigenvalue weighted by Gasteiger charge is -2.29. The highest BCUT2D eigenvalue weighted by atomic mass is 16.5. The number of morpholine rings is 1. The molecule has 2 fully saturated rings. The summed E-state index contributed by atoms with van der Waals surface area (Å²) in [5.41, 5.74) is 1.92. The monoisotopic (exact) mass is 568 g/mol. The maximum absolute atomic E-state index is 13.6. The Labute approximate surface area is 246 Å². The van der Waals surface area contributed by atoms with Crippen LogP contribution < -0.4 is 9.47 Å². The van der Waals surface area contributed by atoms with Crippen molar-refractivity contribution < 1.29 is 28.9 Å². The fourth-order valence-electron chi connectivity index (χ4n) is 5.41. The van der Waals surface area contributed by atoms with Crippen LogP contribution in [0.25, 0.3) is 5.76 Å². The van der Waals surface area contributed by atoms with Crippen LogP contribution >= 0.6 is 0 Å². The summed E-state index contributed by atoms with van der Waals surface area (Å²) in [7, 11) is 0. The van der Waals surface area contributed by atoms with Crippen molar-refractivity contribution in [2.45, 2.75) is 19.4 Å². The number of benzene rings is 3. The van der Waals surface area contributed by atoms with Crippen molar-refractivity contribution in [2.24, 2.45) is 0 Å². The van der Waals surface area contributed by atoms with Crippen molar-refractivity contribution in [1.82, 2.24) is 9.80 Å². The number of aryl methyl sites for hydroxylation is 1. The van der Waals surface area contributed by atoms with Gasteiger partial charge >= 0.3 is 0 Å². The number of hydrogen-bond donors (Lipinski definition) is 1. The normalized spacial score (nSPS) is 18.7. The molecule has 218 valence electrons. The Balaban J connectivity index is 1.50. The SMILES string of the molecule is C=CCOc1ccc(C(O)=C2C(=O)C(=O)N(CCCN3CCOCC3)[C@H]2c2cccc(Oc3ccccc3)c2)c(C)c1. The van der Waals surface area contributed by atoms with E-state index in [2.05, 4.69) is 11.5 Å². The number of ether oxygens (including phenoxy) is 3. The van der Waals surface area contributed by atoms with E-state index >= 15 is 0 Å². The molecule has 2 aliphatic heterocycles. The van der Waals surface area contributed by atoms with Crippen LogP contribution in [0.1, 0.15) is 29.2 Å². The molecule has 2 heterocycles. The van der Waals surface area contributed by atoms with Gasteiger partial charge in [0.1, 0.15) is 29.6 Å². The second kappa shape index (κ2) is 13.5. The van der Waals surface area contributed by atoms with E-state index in [0.29, 0.717) is 66.7 Å². The van der Waals surface area contributed by atoms with Crippen LogP contribution in [-0.4, -0.2) is 72.6 Å². The van der Waals surface area contributed by atoms with Gasteiger partial charge in [-0.1, -0.05) is 43.0 Å². The third kappa shape index (κ3) is 6.56. The van der Waals surface area contributed by atoms with Gasteiger partial charge in [0.15, 0.2) is 0 Å². The van der Waals surface area contributed by atoms with E-state index in [1.807, 2.05) is 61.5 Å². The fourth-order valence-corrected chi connectivity index (χ4v) is 5.41. The van der Waals surface area contributed by atoms with Crippen LogP contribution in [0.4, 0.5) is 0 Å². The van der Waals surface area contributed by atoms with Crippen LogP contribution in [0.15, 0.2) is 91.0 Å². The molecule has 0 spiro atoms. The molecule has 0 aromatic heterocycles. The second-order valence-electron chi connectivity index (χ2n) is 10.4. The number of ketones is 1. The molecule has 1 N–H and O–H groups in total. The van der Waals surface area contributed by atoms with E-state index < -0.39 is 17.7 Å². The molecule has 8 heteroatoms. The van der Waals surface area contributed by atoms with Gasteiger partial charge in [0, 0.05) is 31.7 Å². The van der Waals surface area contributed by atoms with Gasteiger partial charge in [-0.3, -0.25) is 14.5 Å². The molecule has 5 rings (SSSR count). The standard InChI is InChI=1S/C34H36N2O6/c1-3-19-41-27-13-14-29(24(2)22-27)32(37)30-31(25-9-7-12-28(23-25)42-26-10-5-4-6-11-26)36(34(39)33(30)38)16-8-15-35-17-20-40-21-18-35/h3-7,9-14,22-23,31,37H,1,8,15-21H2,2H3/t31-/m0/s1. The van der Waals surface area contributed by atoms with E-state index in [0.717, 1.165) is 19.6 Å². The lowest BCUT2D eigenvalue weighted by molar-refractivity contribution is -0.140. The first-order valence-electron chi connectivity index (χ1n) is 14.2. The lowest BCUT2D eigenvalue weighted by Crippen LogP contribution is -2.38. The number of amides is 1. The first-order valence-corrected chi connectivity index (χ1v) is 14.2. The summed E-state index contributed by atoms with van der Waals surface area (Å²) in [4.78, 5) is 30.9. The summed E-state index contributed by atoms with van der Waals surface area (Å²) in [5, 5.41) is 11.6. The van der Waals surface area contributed by atoms with E-state index in [1.54, 1.807) is 29.2 Å². The Kier molecular flexibility index (Phi) is 9.36. The highest BCUT2D eigenvalue weighted by Crippen LogP contribution is 2.41.